The van der Waals surface area contributed by atoms with Crippen LogP contribution in [0.2, 0.25) is 0 Å². The monoisotopic (exact) mass is 336 g/mol. The van der Waals surface area contributed by atoms with E-state index in [1.165, 1.54) is 0 Å². The molecule has 1 unspecified atom stereocenters. The van der Waals surface area contributed by atoms with Gasteiger partial charge in [-0.1, -0.05) is 18.2 Å². The van der Waals surface area contributed by atoms with Gasteiger partial charge in [-0.15, -0.1) is 0 Å². The molecule has 2 aromatic rings. The summed E-state index contributed by atoms with van der Waals surface area (Å²) in [6.45, 7) is 3.34. The normalized spacial score (nSPS) is 19.2. The molecule has 1 amide bonds. The van der Waals surface area contributed by atoms with Crippen LogP contribution in [0.15, 0.2) is 48.5 Å². The van der Waals surface area contributed by atoms with E-state index in [2.05, 4.69) is 11.4 Å². The van der Waals surface area contributed by atoms with Crippen molar-refractivity contribution in [3.05, 3.63) is 59.7 Å². The molecule has 25 heavy (non-hydrogen) atoms. The number of hydrogen-bond donors (Lipinski definition) is 1. The van der Waals surface area contributed by atoms with Gasteiger partial charge in [-0.05, 0) is 43.2 Å². The zero-order valence-corrected chi connectivity index (χ0v) is 14.1. The minimum Gasteiger partial charge on any atom is -0.489 e. The molecule has 0 radical (unpaired) electrons. The van der Waals surface area contributed by atoms with Crippen LogP contribution in [0.25, 0.3) is 0 Å². The molecule has 1 aliphatic heterocycles. The Morgan fingerprint density at radius 2 is 2.16 bits per heavy atom. The van der Waals surface area contributed by atoms with Crippen LogP contribution in [0, 0.1) is 16.7 Å². The fourth-order valence-electron chi connectivity index (χ4n) is 2.69. The highest BCUT2D eigenvalue weighted by Crippen LogP contribution is 2.30. The van der Waals surface area contributed by atoms with Crippen LogP contribution >= 0.6 is 0 Å². The van der Waals surface area contributed by atoms with Crippen molar-refractivity contribution in [2.24, 2.45) is 5.41 Å². The molecule has 1 heterocycles. The highest BCUT2D eigenvalue weighted by molar-refractivity contribution is 5.95. The maximum absolute atomic E-state index is 12.4. The largest absolute Gasteiger partial charge is 0.489 e. The fraction of sp³-hybridized carbons (Fsp3) is 0.300. The summed E-state index contributed by atoms with van der Waals surface area (Å²) in [4.78, 5) is 12.4. The van der Waals surface area contributed by atoms with Gasteiger partial charge in [0.05, 0.1) is 23.7 Å². The predicted octanol–water partition coefficient (Wildman–Crippen LogP) is 3.50. The van der Waals surface area contributed by atoms with E-state index in [1.54, 1.807) is 18.2 Å². The third-order valence-corrected chi connectivity index (χ3v) is 4.32. The number of hydrogen-bond acceptors (Lipinski definition) is 4. The van der Waals surface area contributed by atoms with E-state index >= 15 is 0 Å². The third kappa shape index (κ3) is 4.17. The number of carbonyl (C=O) groups excluding carboxylic acids is 1. The Morgan fingerprint density at radius 3 is 2.92 bits per heavy atom. The van der Waals surface area contributed by atoms with Gasteiger partial charge in [-0.3, -0.25) is 4.79 Å². The van der Waals surface area contributed by atoms with Gasteiger partial charge in [0.15, 0.2) is 0 Å². The maximum Gasteiger partial charge on any atom is 0.232 e. The van der Waals surface area contributed by atoms with Gasteiger partial charge in [0, 0.05) is 18.4 Å². The van der Waals surface area contributed by atoms with E-state index < -0.39 is 5.41 Å². The lowest BCUT2D eigenvalue weighted by molar-refractivity contribution is -0.124. The Morgan fingerprint density at radius 1 is 1.32 bits per heavy atom. The van der Waals surface area contributed by atoms with E-state index in [0.717, 1.165) is 12.0 Å². The van der Waals surface area contributed by atoms with Gasteiger partial charge in [0.1, 0.15) is 12.4 Å². The van der Waals surface area contributed by atoms with Gasteiger partial charge >= 0.3 is 0 Å². The number of nitrogens with one attached hydrogen (secondary N) is 1. The van der Waals surface area contributed by atoms with Crippen LogP contribution in [0.5, 0.6) is 5.75 Å². The molecule has 0 aliphatic carbocycles. The quantitative estimate of drug-likeness (QED) is 0.907. The van der Waals surface area contributed by atoms with Crippen LogP contribution in [0.1, 0.15) is 24.5 Å². The van der Waals surface area contributed by atoms with Crippen molar-refractivity contribution in [1.82, 2.24) is 0 Å². The average molecular weight is 336 g/mol. The van der Waals surface area contributed by atoms with Crippen LogP contribution in [-0.2, 0) is 16.1 Å². The molecule has 1 saturated heterocycles. The smallest absolute Gasteiger partial charge is 0.232 e. The van der Waals surface area contributed by atoms with Crippen LogP contribution in [0.3, 0.4) is 0 Å². The second-order valence-electron chi connectivity index (χ2n) is 6.45. The Labute approximate surface area is 147 Å². The van der Waals surface area contributed by atoms with Crippen LogP contribution in [0.4, 0.5) is 5.69 Å². The van der Waals surface area contributed by atoms with Crippen molar-refractivity contribution in [3.8, 4) is 11.8 Å². The summed E-state index contributed by atoms with van der Waals surface area (Å²) in [5.41, 5.74) is 1.74. The summed E-state index contributed by atoms with van der Waals surface area (Å²) in [6.07, 6.45) is 0.726. The van der Waals surface area contributed by atoms with E-state index in [0.29, 0.717) is 36.8 Å². The molecule has 0 bridgehead atoms. The Balaban J connectivity index is 1.63. The molecule has 1 atom stereocenters. The lowest BCUT2D eigenvalue weighted by Crippen LogP contribution is -2.33. The maximum atomic E-state index is 12.4. The standard InChI is InChI=1S/C20H20N2O3/c1-20(8-9-24-14-20)19(23)22-17-6-3-7-18(11-17)25-13-16-5-2-4-15(10-16)12-21/h2-7,10-11H,8-9,13-14H2,1H3,(H,22,23). The summed E-state index contributed by atoms with van der Waals surface area (Å²) < 4.78 is 11.1. The summed E-state index contributed by atoms with van der Waals surface area (Å²) in [6, 6.07) is 16.7. The van der Waals surface area contributed by atoms with Crippen molar-refractivity contribution in [2.45, 2.75) is 20.0 Å². The first-order valence-corrected chi connectivity index (χ1v) is 8.20. The summed E-state index contributed by atoms with van der Waals surface area (Å²) in [5.74, 6) is 0.622. The molecule has 0 spiro atoms. The Bertz CT molecular complexity index is 805. The minimum atomic E-state index is -0.478. The van der Waals surface area contributed by atoms with Gasteiger partial charge in [0.25, 0.3) is 0 Å². The van der Waals surface area contributed by atoms with E-state index in [4.69, 9.17) is 14.7 Å². The van der Waals surface area contributed by atoms with Gasteiger partial charge < -0.3 is 14.8 Å². The van der Waals surface area contributed by atoms with Crippen molar-refractivity contribution >= 4 is 11.6 Å². The number of benzene rings is 2. The minimum absolute atomic E-state index is 0.0381. The average Bonchev–Trinajstić information content (AvgIpc) is 3.08. The fourth-order valence-corrected chi connectivity index (χ4v) is 2.69. The van der Waals surface area contributed by atoms with E-state index in [9.17, 15) is 4.79 Å². The number of ether oxygens (including phenoxy) is 2. The van der Waals surface area contributed by atoms with E-state index in [1.807, 2.05) is 37.3 Å². The first-order chi connectivity index (χ1) is 12.1. The molecule has 128 valence electrons. The number of rotatable bonds is 5. The highest BCUT2D eigenvalue weighted by Gasteiger charge is 2.37. The molecule has 1 N–H and O–H groups in total. The number of carbonyl (C=O) groups is 1. The molecule has 0 aromatic heterocycles. The topological polar surface area (TPSA) is 71.3 Å². The number of anilines is 1. The van der Waals surface area contributed by atoms with Crippen molar-refractivity contribution in [3.63, 3.8) is 0 Å². The van der Waals surface area contributed by atoms with Crippen molar-refractivity contribution in [1.29, 1.82) is 5.26 Å². The first-order valence-electron chi connectivity index (χ1n) is 8.20. The molecular formula is C20H20N2O3. The summed E-state index contributed by atoms with van der Waals surface area (Å²) >= 11 is 0. The number of nitriles is 1. The molecule has 5 nitrogen and oxygen atoms in total. The SMILES string of the molecule is CC1(C(=O)Nc2cccc(OCc3cccc(C#N)c3)c2)CCOC1. The molecule has 1 fully saturated rings. The summed E-state index contributed by atoms with van der Waals surface area (Å²) in [7, 11) is 0. The van der Waals surface area contributed by atoms with Crippen LogP contribution < -0.4 is 10.1 Å². The van der Waals surface area contributed by atoms with Crippen molar-refractivity contribution in [2.75, 3.05) is 18.5 Å². The number of amides is 1. The molecule has 0 saturated carbocycles. The molecule has 1 aliphatic rings. The Kier molecular flexibility index (Phi) is 5.01. The zero-order chi connectivity index (χ0) is 17.7. The van der Waals surface area contributed by atoms with Crippen LogP contribution in [-0.4, -0.2) is 19.1 Å². The molecule has 2 aromatic carbocycles. The van der Waals surface area contributed by atoms with Crippen molar-refractivity contribution < 1.29 is 14.3 Å². The zero-order valence-electron chi connectivity index (χ0n) is 14.1. The molecule has 3 rings (SSSR count). The second kappa shape index (κ2) is 7.37. The van der Waals surface area contributed by atoms with Gasteiger partial charge in [-0.2, -0.15) is 5.26 Å². The highest BCUT2D eigenvalue weighted by atomic mass is 16.5. The first kappa shape index (κ1) is 17.0. The summed E-state index contributed by atoms with van der Waals surface area (Å²) in [5, 5.41) is 11.9. The van der Waals surface area contributed by atoms with Gasteiger partial charge in [-0.25, -0.2) is 0 Å². The lowest BCUT2D eigenvalue weighted by atomic mass is 9.89. The van der Waals surface area contributed by atoms with Gasteiger partial charge in [0.2, 0.25) is 5.91 Å². The third-order valence-electron chi connectivity index (χ3n) is 4.32. The molecular weight excluding hydrogens is 316 g/mol. The Hall–Kier alpha value is -2.84. The second-order valence-corrected chi connectivity index (χ2v) is 6.45. The predicted molar refractivity (Wildman–Crippen MR) is 94.1 cm³/mol. The number of nitrogens with zero attached hydrogens (tertiary/aromatic N) is 1. The molecule has 5 heteroatoms. The lowest BCUT2D eigenvalue weighted by Gasteiger charge is -2.20. The van der Waals surface area contributed by atoms with E-state index in [-0.39, 0.29) is 5.91 Å².